The van der Waals surface area contributed by atoms with Gasteiger partial charge in [-0.05, 0) is 25.2 Å². The molecule has 0 spiro atoms. The third-order valence-electron chi connectivity index (χ3n) is 3.73. The smallest absolute Gasteiger partial charge is 0.208 e. The topological polar surface area (TPSA) is 53.6 Å². The van der Waals surface area contributed by atoms with Crippen molar-refractivity contribution in [2.24, 2.45) is 16.8 Å². The first-order valence-corrected chi connectivity index (χ1v) is 6.59. The first-order valence-electron chi connectivity index (χ1n) is 6.59. The highest BCUT2D eigenvalue weighted by atomic mass is 15.4. The lowest BCUT2D eigenvalue weighted by Crippen LogP contribution is -2.44. The van der Waals surface area contributed by atoms with Crippen molar-refractivity contribution < 1.29 is 0 Å². The maximum Gasteiger partial charge on any atom is 0.208 e. The number of aliphatic imine (C=N–C) groups is 1. The summed E-state index contributed by atoms with van der Waals surface area (Å²) in [5.41, 5.74) is 2.79. The average molecular weight is 224 g/mol. The van der Waals surface area contributed by atoms with Gasteiger partial charge in [0.25, 0.3) is 0 Å². The summed E-state index contributed by atoms with van der Waals surface area (Å²) in [5.74, 6) is 7.27. The number of likely N-dealkylation sites (tertiary alicyclic amines) is 1. The maximum atomic E-state index is 5.59. The van der Waals surface area contributed by atoms with Crippen molar-refractivity contribution in [2.75, 3.05) is 13.1 Å². The van der Waals surface area contributed by atoms with E-state index in [9.17, 15) is 0 Å². The molecular weight excluding hydrogens is 200 g/mol. The van der Waals surface area contributed by atoms with E-state index < -0.39 is 0 Å². The van der Waals surface area contributed by atoms with Crippen LogP contribution in [0.3, 0.4) is 0 Å². The van der Waals surface area contributed by atoms with Crippen molar-refractivity contribution in [3.05, 3.63) is 0 Å². The zero-order valence-corrected chi connectivity index (χ0v) is 10.3. The second-order valence-electron chi connectivity index (χ2n) is 5.23. The van der Waals surface area contributed by atoms with Gasteiger partial charge in [0.15, 0.2) is 0 Å². The number of hydrogen-bond acceptors (Lipinski definition) is 2. The van der Waals surface area contributed by atoms with Gasteiger partial charge in [-0.1, -0.05) is 26.2 Å². The van der Waals surface area contributed by atoms with Crippen LogP contribution in [0.25, 0.3) is 0 Å². The first-order chi connectivity index (χ1) is 7.79. The van der Waals surface area contributed by atoms with E-state index >= 15 is 0 Å². The summed E-state index contributed by atoms with van der Waals surface area (Å²) in [4.78, 5) is 7.07. The molecule has 3 N–H and O–H groups in total. The molecule has 2 rings (SSSR count). The molecule has 2 aliphatic rings. The third-order valence-corrected chi connectivity index (χ3v) is 3.73. The Morgan fingerprint density at radius 2 is 2.00 bits per heavy atom. The minimum Gasteiger partial charge on any atom is -0.342 e. The molecule has 1 unspecified atom stereocenters. The van der Waals surface area contributed by atoms with E-state index in [1.807, 2.05) is 0 Å². The molecular formula is C12H24N4. The molecule has 1 heterocycles. The first kappa shape index (κ1) is 11.7. The van der Waals surface area contributed by atoms with Crippen LogP contribution in [0.15, 0.2) is 4.99 Å². The zero-order valence-electron chi connectivity index (χ0n) is 10.3. The van der Waals surface area contributed by atoms with Crippen LogP contribution in [0.2, 0.25) is 0 Å². The van der Waals surface area contributed by atoms with Crippen LogP contribution in [0.5, 0.6) is 0 Å². The summed E-state index contributed by atoms with van der Waals surface area (Å²) in [5, 5.41) is 0. The second kappa shape index (κ2) is 5.53. The SMILES string of the molecule is CC1CCN(C(=NC2CCCCC2)NN)C1. The molecule has 0 aromatic carbocycles. The van der Waals surface area contributed by atoms with Gasteiger partial charge >= 0.3 is 0 Å². The lowest BCUT2D eigenvalue weighted by atomic mass is 9.96. The van der Waals surface area contributed by atoms with E-state index in [-0.39, 0.29) is 0 Å². The van der Waals surface area contributed by atoms with Crippen LogP contribution in [0, 0.1) is 5.92 Å². The predicted octanol–water partition coefficient (Wildman–Crippen LogP) is 1.48. The fourth-order valence-electron chi connectivity index (χ4n) is 2.72. The van der Waals surface area contributed by atoms with Gasteiger partial charge in [-0.15, -0.1) is 0 Å². The quantitative estimate of drug-likeness (QED) is 0.307. The van der Waals surface area contributed by atoms with E-state index in [1.54, 1.807) is 0 Å². The summed E-state index contributed by atoms with van der Waals surface area (Å²) >= 11 is 0. The van der Waals surface area contributed by atoms with Crippen LogP contribution in [0.1, 0.15) is 45.4 Å². The molecule has 1 aliphatic heterocycles. The molecule has 1 saturated carbocycles. The van der Waals surface area contributed by atoms with E-state index in [0.29, 0.717) is 6.04 Å². The summed E-state index contributed by atoms with van der Waals surface area (Å²) in [6, 6.07) is 0.496. The van der Waals surface area contributed by atoms with Gasteiger partial charge in [0.1, 0.15) is 0 Å². The largest absolute Gasteiger partial charge is 0.342 e. The molecule has 1 saturated heterocycles. The minimum atomic E-state index is 0.496. The molecule has 0 amide bonds. The summed E-state index contributed by atoms with van der Waals surface area (Å²) in [6.07, 6.45) is 7.73. The highest BCUT2D eigenvalue weighted by molar-refractivity contribution is 5.79. The number of nitrogens with two attached hydrogens (primary N) is 1. The normalized spacial score (nSPS) is 28.5. The molecule has 0 aromatic rings. The highest BCUT2D eigenvalue weighted by Crippen LogP contribution is 2.21. The molecule has 92 valence electrons. The van der Waals surface area contributed by atoms with Crippen LogP contribution < -0.4 is 11.3 Å². The standard InChI is InChI=1S/C12H24N4/c1-10-7-8-16(9-10)12(15-13)14-11-5-3-2-4-6-11/h10-11H,2-9,13H2,1H3,(H,14,15). The lowest BCUT2D eigenvalue weighted by molar-refractivity contribution is 0.422. The Balaban J connectivity index is 1.94. The molecule has 4 heteroatoms. The Bertz CT molecular complexity index is 245. The van der Waals surface area contributed by atoms with E-state index in [1.165, 1.54) is 38.5 Å². The number of guanidine groups is 1. The Labute approximate surface area is 98.3 Å². The van der Waals surface area contributed by atoms with Gasteiger partial charge in [-0.25, -0.2) is 10.8 Å². The monoisotopic (exact) mass is 224 g/mol. The number of nitrogens with one attached hydrogen (secondary N) is 1. The molecule has 0 bridgehead atoms. The predicted molar refractivity (Wildman–Crippen MR) is 67.0 cm³/mol. The van der Waals surface area contributed by atoms with Crippen LogP contribution in [0.4, 0.5) is 0 Å². The van der Waals surface area contributed by atoms with Gasteiger partial charge in [0.05, 0.1) is 6.04 Å². The van der Waals surface area contributed by atoms with Crippen molar-refractivity contribution in [2.45, 2.75) is 51.5 Å². The van der Waals surface area contributed by atoms with Crippen molar-refractivity contribution in [1.29, 1.82) is 0 Å². The summed E-state index contributed by atoms with van der Waals surface area (Å²) in [7, 11) is 0. The Morgan fingerprint density at radius 1 is 1.25 bits per heavy atom. The van der Waals surface area contributed by atoms with Crippen molar-refractivity contribution >= 4 is 5.96 Å². The molecule has 2 fully saturated rings. The second-order valence-corrected chi connectivity index (χ2v) is 5.23. The van der Waals surface area contributed by atoms with Gasteiger partial charge in [-0.3, -0.25) is 5.43 Å². The maximum absolute atomic E-state index is 5.59. The Hall–Kier alpha value is -0.770. The highest BCUT2D eigenvalue weighted by Gasteiger charge is 2.22. The average Bonchev–Trinajstić information content (AvgIpc) is 2.74. The number of rotatable bonds is 1. The molecule has 0 aromatic heterocycles. The fraction of sp³-hybridized carbons (Fsp3) is 0.917. The number of hydrogen-bond donors (Lipinski definition) is 2. The Morgan fingerprint density at radius 3 is 2.56 bits per heavy atom. The molecule has 1 aliphatic carbocycles. The van der Waals surface area contributed by atoms with E-state index in [0.717, 1.165) is 25.0 Å². The number of nitrogens with zero attached hydrogens (tertiary/aromatic N) is 2. The van der Waals surface area contributed by atoms with Crippen molar-refractivity contribution in [1.82, 2.24) is 10.3 Å². The lowest BCUT2D eigenvalue weighted by Gasteiger charge is -2.24. The molecule has 4 nitrogen and oxygen atoms in total. The summed E-state index contributed by atoms with van der Waals surface area (Å²) < 4.78 is 0. The Kier molecular flexibility index (Phi) is 4.04. The number of hydrazine groups is 1. The van der Waals surface area contributed by atoms with Gasteiger partial charge in [0.2, 0.25) is 5.96 Å². The van der Waals surface area contributed by atoms with E-state index in [4.69, 9.17) is 10.8 Å². The van der Waals surface area contributed by atoms with Gasteiger partial charge in [-0.2, -0.15) is 0 Å². The van der Waals surface area contributed by atoms with Crippen molar-refractivity contribution in [3.8, 4) is 0 Å². The van der Waals surface area contributed by atoms with E-state index in [2.05, 4.69) is 17.2 Å². The third kappa shape index (κ3) is 2.88. The molecule has 16 heavy (non-hydrogen) atoms. The summed E-state index contributed by atoms with van der Waals surface area (Å²) in [6.45, 7) is 4.47. The van der Waals surface area contributed by atoms with Gasteiger partial charge in [0, 0.05) is 13.1 Å². The van der Waals surface area contributed by atoms with Crippen LogP contribution in [-0.4, -0.2) is 30.0 Å². The molecule has 0 radical (unpaired) electrons. The van der Waals surface area contributed by atoms with Crippen LogP contribution in [-0.2, 0) is 0 Å². The minimum absolute atomic E-state index is 0.496. The molecule has 1 atom stereocenters. The van der Waals surface area contributed by atoms with Crippen LogP contribution >= 0.6 is 0 Å². The fourth-order valence-corrected chi connectivity index (χ4v) is 2.72. The van der Waals surface area contributed by atoms with Gasteiger partial charge < -0.3 is 4.90 Å². The zero-order chi connectivity index (χ0) is 11.4. The van der Waals surface area contributed by atoms with Crippen molar-refractivity contribution in [3.63, 3.8) is 0 Å².